The topological polar surface area (TPSA) is 37.4 Å². The fraction of sp³-hybridized carbons (Fsp3) is 0.333. The molecule has 0 atom stereocenters. The van der Waals surface area contributed by atoms with Gasteiger partial charge in [-0.2, -0.15) is 0 Å². The predicted molar refractivity (Wildman–Crippen MR) is 59.3 cm³/mol. The lowest BCUT2D eigenvalue weighted by atomic mass is 10.0. The summed E-state index contributed by atoms with van der Waals surface area (Å²) >= 11 is 0. The highest BCUT2D eigenvalue weighted by Gasteiger charge is 2.09. The number of carbonyl (C=O) groups excluding carboxylic acids is 2. The van der Waals surface area contributed by atoms with Gasteiger partial charge in [-0.25, -0.2) is 0 Å². The number of rotatable bonds is 4. The maximum absolute atomic E-state index is 11.4. The van der Waals surface area contributed by atoms with Gasteiger partial charge < -0.3 is 4.90 Å². The van der Waals surface area contributed by atoms with Crippen molar-refractivity contribution in [2.24, 2.45) is 0 Å². The summed E-state index contributed by atoms with van der Waals surface area (Å²) in [6.45, 7) is 5.85. The van der Waals surface area contributed by atoms with Gasteiger partial charge in [-0.05, 0) is 44.4 Å². The molecule has 0 N–H and O–H groups in total. The highest BCUT2D eigenvalue weighted by atomic mass is 16.1. The average molecular weight is 205 g/mol. The van der Waals surface area contributed by atoms with E-state index in [2.05, 4.69) is 4.90 Å². The average Bonchev–Trinajstić information content (AvgIpc) is 2.24. The van der Waals surface area contributed by atoms with Gasteiger partial charge in [0, 0.05) is 18.7 Å². The van der Waals surface area contributed by atoms with E-state index in [9.17, 15) is 9.59 Å². The molecule has 0 unspecified atom stereocenters. The van der Waals surface area contributed by atoms with Crippen molar-refractivity contribution in [3.8, 4) is 0 Å². The molecule has 0 radical (unpaired) electrons. The van der Waals surface area contributed by atoms with Crippen LogP contribution in [0.4, 0.5) is 0 Å². The van der Waals surface area contributed by atoms with Crippen LogP contribution in [0.3, 0.4) is 0 Å². The fourth-order valence-electron chi connectivity index (χ4n) is 1.28. The molecule has 0 fully saturated rings. The summed E-state index contributed by atoms with van der Waals surface area (Å²) in [7, 11) is 0. The molecule has 0 bridgehead atoms. The Bertz CT molecular complexity index is 347. The minimum Gasteiger partial charge on any atom is -0.378 e. The maximum atomic E-state index is 11.4. The van der Waals surface area contributed by atoms with E-state index in [0.29, 0.717) is 5.57 Å². The monoisotopic (exact) mass is 205 g/mol. The van der Waals surface area contributed by atoms with Crippen molar-refractivity contribution >= 4 is 11.6 Å². The first-order valence-electron chi connectivity index (χ1n) is 5.07. The van der Waals surface area contributed by atoms with Crippen LogP contribution >= 0.6 is 0 Å². The predicted octanol–water partition coefficient (Wildman–Crippen LogP) is 1.48. The van der Waals surface area contributed by atoms with E-state index < -0.39 is 0 Å². The molecule has 1 aliphatic carbocycles. The van der Waals surface area contributed by atoms with Crippen LogP contribution in [-0.2, 0) is 9.59 Å². The molecule has 0 spiro atoms. The minimum atomic E-state index is -0.131. The molecule has 0 heterocycles. The number of nitrogens with zero attached hydrogens (tertiary/aromatic N) is 1. The van der Waals surface area contributed by atoms with E-state index >= 15 is 0 Å². The van der Waals surface area contributed by atoms with Crippen LogP contribution in [0.25, 0.3) is 0 Å². The first-order chi connectivity index (χ1) is 7.17. The summed E-state index contributed by atoms with van der Waals surface area (Å²) in [5.41, 5.74) is 0.453. The Morgan fingerprint density at radius 3 is 2.47 bits per heavy atom. The molecule has 3 nitrogen and oxygen atoms in total. The fourth-order valence-corrected chi connectivity index (χ4v) is 1.28. The van der Waals surface area contributed by atoms with Crippen LogP contribution in [0, 0.1) is 0 Å². The SMILES string of the molecule is CCN(/C=C/C1=CC(=O)C=CC1=O)CC. The molecular weight excluding hydrogens is 190 g/mol. The molecule has 80 valence electrons. The highest BCUT2D eigenvalue weighted by Crippen LogP contribution is 2.07. The second-order valence-corrected chi connectivity index (χ2v) is 3.24. The van der Waals surface area contributed by atoms with E-state index in [4.69, 9.17) is 0 Å². The Kier molecular flexibility index (Phi) is 4.03. The van der Waals surface area contributed by atoms with Crippen molar-refractivity contribution in [2.45, 2.75) is 13.8 Å². The maximum Gasteiger partial charge on any atom is 0.186 e. The van der Waals surface area contributed by atoms with Crippen molar-refractivity contribution in [2.75, 3.05) is 13.1 Å². The summed E-state index contributed by atoms with van der Waals surface area (Å²) in [5.74, 6) is -0.244. The quantitative estimate of drug-likeness (QED) is 0.652. The second-order valence-electron chi connectivity index (χ2n) is 3.24. The molecule has 1 rings (SSSR count). The number of ketones is 2. The summed E-state index contributed by atoms with van der Waals surface area (Å²) in [6.07, 6.45) is 7.50. The molecule has 0 aromatic heterocycles. The van der Waals surface area contributed by atoms with Gasteiger partial charge in [0.1, 0.15) is 0 Å². The van der Waals surface area contributed by atoms with Crippen LogP contribution < -0.4 is 0 Å². The van der Waals surface area contributed by atoms with Crippen LogP contribution in [0.1, 0.15) is 13.8 Å². The summed E-state index contributed by atoms with van der Waals surface area (Å²) in [5, 5.41) is 0. The normalized spacial score (nSPS) is 16.0. The summed E-state index contributed by atoms with van der Waals surface area (Å²) in [4.78, 5) is 24.4. The van der Waals surface area contributed by atoms with Crippen LogP contribution in [0.15, 0.2) is 36.1 Å². The lowest BCUT2D eigenvalue weighted by molar-refractivity contribution is -0.114. The molecule has 0 saturated heterocycles. The van der Waals surface area contributed by atoms with E-state index in [1.807, 2.05) is 20.0 Å². The third-order valence-corrected chi connectivity index (χ3v) is 2.26. The second kappa shape index (κ2) is 5.29. The van der Waals surface area contributed by atoms with Gasteiger partial charge in [-0.3, -0.25) is 9.59 Å². The third-order valence-electron chi connectivity index (χ3n) is 2.26. The summed E-state index contributed by atoms with van der Waals surface area (Å²) in [6, 6.07) is 0. The Morgan fingerprint density at radius 2 is 1.87 bits per heavy atom. The van der Waals surface area contributed by atoms with Gasteiger partial charge in [0.25, 0.3) is 0 Å². The number of allylic oxidation sites excluding steroid dienone is 5. The van der Waals surface area contributed by atoms with Gasteiger partial charge >= 0.3 is 0 Å². The molecule has 0 aliphatic heterocycles. The third kappa shape index (κ3) is 3.20. The molecular formula is C12H15NO2. The van der Waals surface area contributed by atoms with Crippen molar-refractivity contribution in [3.05, 3.63) is 36.1 Å². The first-order valence-corrected chi connectivity index (χ1v) is 5.07. The standard InChI is InChI=1S/C12H15NO2/c1-3-13(4-2)8-7-10-9-11(14)5-6-12(10)15/h5-9H,3-4H2,1-2H3/b8-7+. The summed E-state index contributed by atoms with van der Waals surface area (Å²) < 4.78 is 0. The number of hydrogen-bond donors (Lipinski definition) is 0. The molecule has 15 heavy (non-hydrogen) atoms. The lowest BCUT2D eigenvalue weighted by Crippen LogP contribution is -2.16. The van der Waals surface area contributed by atoms with E-state index in [1.54, 1.807) is 6.08 Å². The Morgan fingerprint density at radius 1 is 1.20 bits per heavy atom. The molecule has 1 aliphatic rings. The van der Waals surface area contributed by atoms with Gasteiger partial charge in [0.2, 0.25) is 0 Å². The molecule has 0 amide bonds. The molecule has 0 aromatic rings. The van der Waals surface area contributed by atoms with Crippen LogP contribution in [0.2, 0.25) is 0 Å². The van der Waals surface area contributed by atoms with E-state index in [1.165, 1.54) is 18.2 Å². The van der Waals surface area contributed by atoms with Crippen molar-refractivity contribution < 1.29 is 9.59 Å². The zero-order valence-corrected chi connectivity index (χ0v) is 9.06. The van der Waals surface area contributed by atoms with Gasteiger partial charge in [-0.1, -0.05) is 0 Å². The minimum absolute atomic E-state index is 0.113. The zero-order valence-electron chi connectivity index (χ0n) is 9.06. The van der Waals surface area contributed by atoms with Crippen LogP contribution in [-0.4, -0.2) is 29.6 Å². The molecule has 0 saturated carbocycles. The van der Waals surface area contributed by atoms with Crippen LogP contribution in [0.5, 0.6) is 0 Å². The Hall–Kier alpha value is -1.64. The largest absolute Gasteiger partial charge is 0.378 e. The zero-order chi connectivity index (χ0) is 11.3. The van der Waals surface area contributed by atoms with Crippen molar-refractivity contribution in [1.29, 1.82) is 0 Å². The highest BCUT2D eigenvalue weighted by molar-refractivity contribution is 6.18. The van der Waals surface area contributed by atoms with E-state index in [-0.39, 0.29) is 11.6 Å². The first kappa shape index (κ1) is 11.4. The van der Waals surface area contributed by atoms with Gasteiger partial charge in [0.15, 0.2) is 11.6 Å². The Labute approximate surface area is 89.8 Å². The molecule has 3 heteroatoms. The van der Waals surface area contributed by atoms with Gasteiger partial charge in [-0.15, -0.1) is 0 Å². The van der Waals surface area contributed by atoms with Gasteiger partial charge in [0.05, 0.1) is 0 Å². The molecule has 0 aromatic carbocycles. The number of hydrogen-bond acceptors (Lipinski definition) is 3. The van der Waals surface area contributed by atoms with Crippen molar-refractivity contribution in [1.82, 2.24) is 4.90 Å². The lowest BCUT2D eigenvalue weighted by Gasteiger charge is -2.14. The number of carbonyl (C=O) groups is 2. The van der Waals surface area contributed by atoms with E-state index in [0.717, 1.165) is 13.1 Å². The van der Waals surface area contributed by atoms with Crippen molar-refractivity contribution in [3.63, 3.8) is 0 Å². The smallest absolute Gasteiger partial charge is 0.186 e. The Balaban J connectivity index is 2.73.